The van der Waals surface area contributed by atoms with Gasteiger partial charge in [0.2, 0.25) is 0 Å². The van der Waals surface area contributed by atoms with E-state index in [-0.39, 0.29) is 5.92 Å². The maximum atomic E-state index is 11.3. The zero-order chi connectivity index (χ0) is 19.2. The molecule has 0 spiro atoms. The van der Waals surface area contributed by atoms with Gasteiger partial charge in [-0.05, 0) is 29.2 Å². The summed E-state index contributed by atoms with van der Waals surface area (Å²) < 4.78 is 5.25. The smallest absolute Gasteiger partial charge is 0.406 e. The van der Waals surface area contributed by atoms with Crippen LogP contribution in [0.5, 0.6) is 0 Å². The number of alkyl carbamates (subject to hydrolysis) is 1. The molecule has 1 aliphatic rings. The average Bonchev–Trinajstić information content (AvgIpc) is 2.95. The minimum atomic E-state index is -0.408. The van der Waals surface area contributed by atoms with Crippen LogP contribution in [-0.2, 0) is 4.74 Å². The zero-order valence-corrected chi connectivity index (χ0v) is 16.6. The van der Waals surface area contributed by atoms with E-state index in [1.807, 2.05) is 45.1 Å². The monoisotopic (exact) mass is 343 g/mol. The molecule has 0 saturated carbocycles. The number of hydrogen-bond acceptors (Lipinski definition) is 2. The predicted octanol–water partition coefficient (Wildman–Crippen LogP) is 6.10. The van der Waals surface area contributed by atoms with Crippen molar-refractivity contribution in [1.82, 2.24) is 5.32 Å². The highest BCUT2D eigenvalue weighted by Crippen LogP contribution is 2.43. The molecule has 3 nitrogen and oxygen atoms in total. The van der Waals surface area contributed by atoms with E-state index in [0.717, 1.165) is 11.1 Å². The van der Waals surface area contributed by atoms with Gasteiger partial charge in [-0.3, -0.25) is 0 Å². The van der Waals surface area contributed by atoms with Gasteiger partial charge in [0.1, 0.15) is 6.61 Å². The lowest BCUT2D eigenvalue weighted by Crippen LogP contribution is -2.22. The van der Waals surface area contributed by atoms with Crippen LogP contribution in [0.3, 0.4) is 0 Å². The van der Waals surface area contributed by atoms with Gasteiger partial charge in [-0.2, -0.15) is 0 Å². The van der Waals surface area contributed by atoms with E-state index in [0.29, 0.717) is 6.61 Å². The lowest BCUT2D eigenvalue weighted by atomic mass is 9.96. The van der Waals surface area contributed by atoms with Crippen LogP contribution in [0.2, 0.25) is 0 Å². The number of allylic oxidation sites excluding steroid dienone is 4. The molecular formula is C22H33NO2. The Balaban J connectivity index is 0.00000104. The summed E-state index contributed by atoms with van der Waals surface area (Å²) in [6.07, 6.45) is 6.77. The van der Waals surface area contributed by atoms with Crippen LogP contribution in [0.15, 0.2) is 54.6 Å². The van der Waals surface area contributed by atoms with Gasteiger partial charge in [-0.25, -0.2) is 4.79 Å². The highest BCUT2D eigenvalue weighted by atomic mass is 16.5. The molecule has 0 fully saturated rings. The maximum Gasteiger partial charge on any atom is 0.406 e. The van der Waals surface area contributed by atoms with Crippen molar-refractivity contribution in [3.63, 3.8) is 0 Å². The molecule has 1 atom stereocenters. The summed E-state index contributed by atoms with van der Waals surface area (Å²) in [7, 11) is 1.56. The van der Waals surface area contributed by atoms with E-state index in [1.165, 1.54) is 17.5 Å². The minimum absolute atomic E-state index is 0.0627. The van der Waals surface area contributed by atoms with E-state index in [4.69, 9.17) is 4.74 Å². The quantitative estimate of drug-likeness (QED) is 0.717. The van der Waals surface area contributed by atoms with E-state index in [9.17, 15) is 4.79 Å². The second-order valence-electron chi connectivity index (χ2n) is 5.27. The molecule has 1 amide bonds. The number of ether oxygens (including phenoxy) is 1. The summed E-state index contributed by atoms with van der Waals surface area (Å²) in [5, 5.41) is 2.47. The van der Waals surface area contributed by atoms with Crippen molar-refractivity contribution in [2.75, 3.05) is 13.7 Å². The normalized spacial score (nSPS) is 14.7. The molecule has 0 heterocycles. The van der Waals surface area contributed by atoms with Crippen LogP contribution in [0.25, 0.3) is 5.57 Å². The third kappa shape index (κ3) is 6.26. The second kappa shape index (κ2) is 13.1. The maximum absolute atomic E-state index is 11.3. The van der Waals surface area contributed by atoms with Gasteiger partial charge in [-0.15, -0.1) is 0 Å². The first-order valence-electron chi connectivity index (χ1n) is 9.07. The Labute approximate surface area is 153 Å². The molecule has 25 heavy (non-hydrogen) atoms. The first kappa shape index (κ1) is 22.7. The van der Waals surface area contributed by atoms with Gasteiger partial charge in [0.25, 0.3) is 0 Å². The minimum Gasteiger partial charge on any atom is -0.449 e. The van der Waals surface area contributed by atoms with Crippen LogP contribution >= 0.6 is 0 Å². The number of carbonyl (C=O) groups excluding carboxylic acids is 1. The second-order valence-corrected chi connectivity index (χ2v) is 5.27. The molecule has 0 radical (unpaired) electrons. The number of rotatable bonds is 4. The molecule has 1 N–H and O–H groups in total. The Morgan fingerprint density at radius 2 is 1.88 bits per heavy atom. The van der Waals surface area contributed by atoms with Crippen molar-refractivity contribution < 1.29 is 9.53 Å². The van der Waals surface area contributed by atoms with Crippen LogP contribution in [-0.4, -0.2) is 19.7 Å². The Bertz CT molecular complexity index is 600. The van der Waals surface area contributed by atoms with Crippen molar-refractivity contribution in [1.29, 1.82) is 0 Å². The Morgan fingerprint density at radius 1 is 1.28 bits per heavy atom. The van der Waals surface area contributed by atoms with Crippen LogP contribution in [0, 0.1) is 0 Å². The van der Waals surface area contributed by atoms with Gasteiger partial charge in [-0.1, -0.05) is 83.2 Å². The fraction of sp³-hybridized carbons (Fsp3) is 0.409. The van der Waals surface area contributed by atoms with E-state index >= 15 is 0 Å². The van der Waals surface area contributed by atoms with Crippen molar-refractivity contribution in [3.05, 3.63) is 65.8 Å². The lowest BCUT2D eigenvalue weighted by Gasteiger charge is -2.14. The third-order valence-corrected chi connectivity index (χ3v) is 3.45. The van der Waals surface area contributed by atoms with Gasteiger partial charge in [0.05, 0.1) is 0 Å². The van der Waals surface area contributed by atoms with E-state index in [2.05, 4.69) is 44.0 Å². The summed E-state index contributed by atoms with van der Waals surface area (Å²) >= 11 is 0. The largest absolute Gasteiger partial charge is 0.449 e. The predicted molar refractivity (Wildman–Crippen MR) is 109 cm³/mol. The fourth-order valence-corrected chi connectivity index (χ4v) is 2.58. The third-order valence-electron chi connectivity index (χ3n) is 3.45. The first-order valence-corrected chi connectivity index (χ1v) is 9.07. The van der Waals surface area contributed by atoms with E-state index < -0.39 is 6.09 Å². The summed E-state index contributed by atoms with van der Waals surface area (Å²) in [6, 6.07) is 8.17. The van der Waals surface area contributed by atoms with Gasteiger partial charge in [0, 0.05) is 13.0 Å². The molecule has 1 aromatic rings. The molecule has 2 rings (SSSR count). The number of nitrogens with one attached hydrogen (secondary N) is 1. The molecule has 0 bridgehead atoms. The van der Waals surface area contributed by atoms with E-state index in [1.54, 1.807) is 7.05 Å². The van der Waals surface area contributed by atoms with Crippen LogP contribution in [0.4, 0.5) is 4.79 Å². The molecule has 0 saturated heterocycles. The summed E-state index contributed by atoms with van der Waals surface area (Å²) in [5.74, 6) is 0.0627. The molecule has 0 aliphatic heterocycles. The number of fused-ring (bicyclic) bond motifs is 1. The highest BCUT2D eigenvalue weighted by Gasteiger charge is 2.29. The number of carbonyl (C=O) groups is 1. The molecule has 1 aromatic carbocycles. The summed E-state index contributed by atoms with van der Waals surface area (Å²) in [5.41, 5.74) is 4.61. The van der Waals surface area contributed by atoms with Crippen molar-refractivity contribution in [2.24, 2.45) is 0 Å². The number of benzene rings is 1. The topological polar surface area (TPSA) is 38.3 Å². The van der Waals surface area contributed by atoms with Crippen molar-refractivity contribution in [2.45, 2.75) is 47.0 Å². The fourth-order valence-electron chi connectivity index (χ4n) is 2.58. The van der Waals surface area contributed by atoms with Crippen molar-refractivity contribution in [3.8, 4) is 0 Å². The Kier molecular flexibility index (Phi) is 11.9. The first-order chi connectivity index (χ1) is 12.1. The number of hydrogen-bond donors (Lipinski definition) is 1. The molecule has 1 unspecified atom stereocenters. The highest BCUT2D eigenvalue weighted by molar-refractivity contribution is 5.86. The number of amides is 1. The lowest BCUT2D eigenvalue weighted by molar-refractivity contribution is 0.145. The Hall–Kier alpha value is -2.29. The summed E-state index contributed by atoms with van der Waals surface area (Å²) in [6.45, 7) is 14.5. The Morgan fingerprint density at radius 3 is 2.40 bits per heavy atom. The molecule has 3 heteroatoms. The standard InChI is InChI=1S/C17H19NO2.C3H8.C2H6/c1-4-8-13-12(5-2)14-9-6-7-10-15(14)16(13)11-20-17(19)18-3;1-3-2;1-2/h4-10,16H,2,11H2,1,3H3,(H,18,19);3H2,1-2H3;1-2H3/b8-4-;;. The summed E-state index contributed by atoms with van der Waals surface area (Å²) in [4.78, 5) is 11.3. The van der Waals surface area contributed by atoms with Gasteiger partial charge < -0.3 is 10.1 Å². The zero-order valence-electron chi connectivity index (χ0n) is 16.6. The average molecular weight is 344 g/mol. The van der Waals surface area contributed by atoms with Gasteiger partial charge >= 0.3 is 6.09 Å². The molecule has 138 valence electrons. The molecular weight excluding hydrogens is 310 g/mol. The SMILES string of the molecule is C=CC1=C(/C=C\C)C(COC(=O)NC)c2ccccc21.CC.CCC. The van der Waals surface area contributed by atoms with Crippen LogP contribution < -0.4 is 5.32 Å². The van der Waals surface area contributed by atoms with Gasteiger partial charge in [0.15, 0.2) is 0 Å². The molecule has 0 aromatic heterocycles. The van der Waals surface area contributed by atoms with Crippen LogP contribution in [0.1, 0.15) is 58.1 Å². The molecule has 1 aliphatic carbocycles. The van der Waals surface area contributed by atoms with Crippen molar-refractivity contribution >= 4 is 11.7 Å².